The van der Waals surface area contributed by atoms with Crippen molar-refractivity contribution >= 4 is 11.8 Å². The fourth-order valence-electron chi connectivity index (χ4n) is 3.74. The molecule has 1 N–H and O–H groups in total. The molecule has 0 aromatic rings. The molecule has 1 saturated heterocycles. The van der Waals surface area contributed by atoms with Crippen LogP contribution in [-0.2, 0) is 9.59 Å². The summed E-state index contributed by atoms with van der Waals surface area (Å²) in [7, 11) is 0. The van der Waals surface area contributed by atoms with E-state index in [0.717, 1.165) is 25.8 Å². The van der Waals surface area contributed by atoms with E-state index in [0.29, 0.717) is 6.42 Å². The van der Waals surface area contributed by atoms with Gasteiger partial charge in [-0.3, -0.25) is 9.59 Å². The molecule has 0 spiro atoms. The Morgan fingerprint density at radius 3 is 1.92 bits per heavy atom. The summed E-state index contributed by atoms with van der Waals surface area (Å²) >= 11 is 0. The van der Waals surface area contributed by atoms with Gasteiger partial charge in [-0.1, -0.05) is 77.6 Å². The Morgan fingerprint density at radius 2 is 1.46 bits per heavy atom. The summed E-state index contributed by atoms with van der Waals surface area (Å²) in [5.74, 6) is 0.129. The van der Waals surface area contributed by atoms with Gasteiger partial charge in [-0.2, -0.15) is 0 Å². The van der Waals surface area contributed by atoms with Gasteiger partial charge >= 0.3 is 0 Å². The molecule has 0 aromatic heterocycles. The van der Waals surface area contributed by atoms with Gasteiger partial charge in [0.1, 0.15) is 6.04 Å². The maximum atomic E-state index is 12.2. The molecule has 1 rings (SSSR count). The van der Waals surface area contributed by atoms with Crippen LogP contribution in [0.25, 0.3) is 0 Å². The standard InChI is InChI=1S/C22H42N2O2/c1-4-5-6-7-8-9-10-11-12-13-14-15-16-21(25)23-20-17-18-24(19(2)3)22(20)26/h19-20H,4-18H2,1-3H3,(H,23,25)/t20-/m1/s1. The zero-order valence-corrected chi connectivity index (χ0v) is 17.5. The molecule has 4 heteroatoms. The smallest absolute Gasteiger partial charge is 0.245 e. The number of unbranched alkanes of at least 4 members (excludes halogenated alkanes) is 11. The van der Waals surface area contributed by atoms with Gasteiger partial charge < -0.3 is 10.2 Å². The number of carbonyl (C=O) groups excluding carboxylic acids is 2. The molecule has 1 aliphatic rings. The number of amides is 2. The Hall–Kier alpha value is -1.06. The second kappa shape index (κ2) is 14.1. The number of hydrogen-bond acceptors (Lipinski definition) is 2. The summed E-state index contributed by atoms with van der Waals surface area (Å²) < 4.78 is 0. The van der Waals surface area contributed by atoms with E-state index in [1.165, 1.54) is 64.2 Å². The van der Waals surface area contributed by atoms with E-state index in [2.05, 4.69) is 12.2 Å². The number of carbonyl (C=O) groups is 2. The van der Waals surface area contributed by atoms with Gasteiger partial charge in [0, 0.05) is 19.0 Å². The highest BCUT2D eigenvalue weighted by molar-refractivity contribution is 5.89. The van der Waals surface area contributed by atoms with Crippen LogP contribution in [0, 0.1) is 0 Å². The molecule has 1 aliphatic heterocycles. The topological polar surface area (TPSA) is 49.4 Å². The van der Waals surface area contributed by atoms with Crippen molar-refractivity contribution in [1.82, 2.24) is 10.2 Å². The minimum atomic E-state index is -0.290. The van der Waals surface area contributed by atoms with Crippen molar-refractivity contribution in [1.29, 1.82) is 0 Å². The fraction of sp³-hybridized carbons (Fsp3) is 0.909. The number of hydrogen-bond donors (Lipinski definition) is 1. The third kappa shape index (κ3) is 9.59. The Morgan fingerprint density at radius 1 is 0.962 bits per heavy atom. The first-order valence-electron chi connectivity index (χ1n) is 11.2. The largest absolute Gasteiger partial charge is 0.344 e. The fourth-order valence-corrected chi connectivity index (χ4v) is 3.74. The van der Waals surface area contributed by atoms with Crippen molar-refractivity contribution in [3.8, 4) is 0 Å². The van der Waals surface area contributed by atoms with Crippen LogP contribution < -0.4 is 5.32 Å². The molecule has 1 fully saturated rings. The second-order valence-corrected chi connectivity index (χ2v) is 8.17. The van der Waals surface area contributed by atoms with Gasteiger partial charge in [0.15, 0.2) is 0 Å². The first kappa shape index (κ1) is 23.0. The highest BCUT2D eigenvalue weighted by atomic mass is 16.2. The molecule has 0 radical (unpaired) electrons. The maximum absolute atomic E-state index is 12.2. The van der Waals surface area contributed by atoms with Gasteiger partial charge in [0.2, 0.25) is 11.8 Å². The molecular formula is C22H42N2O2. The predicted molar refractivity (Wildman–Crippen MR) is 109 cm³/mol. The van der Waals surface area contributed by atoms with E-state index in [1.54, 1.807) is 0 Å². The van der Waals surface area contributed by atoms with Gasteiger partial charge in [-0.15, -0.1) is 0 Å². The Labute approximate surface area is 161 Å². The zero-order chi connectivity index (χ0) is 19.2. The molecule has 4 nitrogen and oxygen atoms in total. The van der Waals surface area contributed by atoms with Crippen molar-refractivity contribution in [2.75, 3.05) is 6.54 Å². The van der Waals surface area contributed by atoms with Crippen LogP contribution in [0.3, 0.4) is 0 Å². The lowest BCUT2D eigenvalue weighted by molar-refractivity contribution is -0.133. The van der Waals surface area contributed by atoms with Crippen LogP contribution in [0.1, 0.15) is 111 Å². The third-order valence-electron chi connectivity index (χ3n) is 5.46. The lowest BCUT2D eigenvalue weighted by atomic mass is 10.0. The molecule has 0 bridgehead atoms. The molecule has 0 aromatic carbocycles. The number of nitrogens with one attached hydrogen (secondary N) is 1. The minimum absolute atomic E-state index is 0.0426. The minimum Gasteiger partial charge on any atom is -0.344 e. The van der Waals surface area contributed by atoms with Crippen molar-refractivity contribution in [2.45, 2.75) is 123 Å². The zero-order valence-electron chi connectivity index (χ0n) is 17.5. The summed E-state index contributed by atoms with van der Waals surface area (Å²) in [6.07, 6.45) is 16.9. The monoisotopic (exact) mass is 366 g/mol. The van der Waals surface area contributed by atoms with Crippen molar-refractivity contribution in [3.05, 3.63) is 0 Å². The van der Waals surface area contributed by atoms with Crippen molar-refractivity contribution in [3.63, 3.8) is 0 Å². The van der Waals surface area contributed by atoms with E-state index in [1.807, 2.05) is 18.7 Å². The van der Waals surface area contributed by atoms with Crippen LogP contribution in [0.2, 0.25) is 0 Å². The molecular weight excluding hydrogens is 324 g/mol. The van der Waals surface area contributed by atoms with Gasteiger partial charge in [-0.25, -0.2) is 0 Å². The predicted octanol–water partition coefficient (Wildman–Crippen LogP) is 5.20. The first-order valence-corrected chi connectivity index (χ1v) is 11.2. The first-order chi connectivity index (χ1) is 12.6. The van der Waals surface area contributed by atoms with Gasteiger partial charge in [-0.05, 0) is 26.7 Å². The van der Waals surface area contributed by atoms with Crippen molar-refractivity contribution < 1.29 is 9.59 Å². The highest BCUT2D eigenvalue weighted by Gasteiger charge is 2.33. The van der Waals surface area contributed by atoms with E-state index in [4.69, 9.17) is 0 Å². The molecule has 152 valence electrons. The Bertz CT molecular complexity index is 396. The molecule has 0 unspecified atom stereocenters. The SMILES string of the molecule is CCCCCCCCCCCCCCC(=O)N[C@@H]1CCN(C(C)C)C1=O. The number of likely N-dealkylation sites (tertiary alicyclic amines) is 1. The Kier molecular flexibility index (Phi) is 12.4. The molecule has 0 saturated carbocycles. The molecule has 1 heterocycles. The summed E-state index contributed by atoms with van der Waals surface area (Å²) in [4.78, 5) is 26.0. The summed E-state index contributed by atoms with van der Waals surface area (Å²) in [5.41, 5.74) is 0. The quantitative estimate of drug-likeness (QED) is 0.405. The lowest BCUT2D eigenvalue weighted by Crippen LogP contribution is -2.43. The molecule has 26 heavy (non-hydrogen) atoms. The summed E-state index contributed by atoms with van der Waals surface area (Å²) in [6.45, 7) is 7.07. The Balaban J connectivity index is 1.92. The van der Waals surface area contributed by atoms with Crippen LogP contribution in [-0.4, -0.2) is 35.3 Å². The number of rotatable bonds is 15. The number of nitrogens with zero attached hydrogens (tertiary/aromatic N) is 1. The maximum Gasteiger partial charge on any atom is 0.245 e. The highest BCUT2D eigenvalue weighted by Crippen LogP contribution is 2.15. The average Bonchev–Trinajstić information content (AvgIpc) is 2.96. The van der Waals surface area contributed by atoms with Crippen LogP contribution in [0.5, 0.6) is 0 Å². The summed E-state index contributed by atoms with van der Waals surface area (Å²) in [5, 5.41) is 2.92. The van der Waals surface area contributed by atoms with Crippen molar-refractivity contribution in [2.24, 2.45) is 0 Å². The lowest BCUT2D eigenvalue weighted by Gasteiger charge is -2.21. The van der Waals surface area contributed by atoms with Gasteiger partial charge in [0.05, 0.1) is 0 Å². The summed E-state index contributed by atoms with van der Waals surface area (Å²) in [6, 6.07) is -0.0667. The normalized spacial score (nSPS) is 17.3. The third-order valence-corrected chi connectivity index (χ3v) is 5.46. The van der Waals surface area contributed by atoms with Gasteiger partial charge in [0.25, 0.3) is 0 Å². The van der Waals surface area contributed by atoms with E-state index < -0.39 is 0 Å². The van der Waals surface area contributed by atoms with Crippen LogP contribution in [0.15, 0.2) is 0 Å². The van der Waals surface area contributed by atoms with Crippen LogP contribution in [0.4, 0.5) is 0 Å². The van der Waals surface area contributed by atoms with E-state index in [-0.39, 0.29) is 23.9 Å². The van der Waals surface area contributed by atoms with Crippen LogP contribution >= 0.6 is 0 Å². The second-order valence-electron chi connectivity index (χ2n) is 8.17. The van der Waals surface area contributed by atoms with E-state index >= 15 is 0 Å². The molecule has 2 amide bonds. The molecule has 0 aliphatic carbocycles. The van der Waals surface area contributed by atoms with E-state index in [9.17, 15) is 9.59 Å². The molecule has 1 atom stereocenters. The average molecular weight is 367 g/mol.